The van der Waals surface area contributed by atoms with Crippen LogP contribution in [0.4, 0.5) is 0 Å². The highest BCUT2D eigenvalue weighted by atomic mass is 16.5. The minimum atomic E-state index is -0.211. The maximum absolute atomic E-state index is 11.9. The van der Waals surface area contributed by atoms with Gasteiger partial charge in [-0.1, -0.05) is 26.0 Å². The number of methoxy groups -OCH3 is 1. The van der Waals surface area contributed by atoms with Gasteiger partial charge in [0, 0.05) is 11.6 Å². The predicted molar refractivity (Wildman–Crippen MR) is 119 cm³/mol. The Kier molecular flexibility index (Phi) is 7.81. The Balaban J connectivity index is 1.36. The number of hydrogen-bond donors (Lipinski definition) is 1. The van der Waals surface area contributed by atoms with Gasteiger partial charge in [-0.05, 0) is 53.9 Å². The van der Waals surface area contributed by atoms with Crippen LogP contribution in [-0.4, -0.2) is 43.0 Å². The van der Waals surface area contributed by atoms with Crippen molar-refractivity contribution in [3.8, 4) is 28.6 Å². The van der Waals surface area contributed by atoms with Crippen molar-refractivity contribution in [3.63, 3.8) is 0 Å². The maximum Gasteiger partial charge on any atom is 0.258 e. The molecule has 0 spiro atoms. The summed E-state index contributed by atoms with van der Waals surface area (Å²) < 4.78 is 16.2. The number of benzene rings is 2. The van der Waals surface area contributed by atoms with Gasteiger partial charge in [-0.2, -0.15) is 0 Å². The quantitative estimate of drug-likeness (QED) is 0.501. The average Bonchev–Trinajstić information content (AvgIpc) is 2.81. The van der Waals surface area contributed by atoms with Gasteiger partial charge >= 0.3 is 0 Å². The Morgan fingerprint density at radius 1 is 0.903 bits per heavy atom. The molecule has 0 saturated carbocycles. The second-order valence-corrected chi connectivity index (χ2v) is 7.20. The summed E-state index contributed by atoms with van der Waals surface area (Å²) in [5.74, 6) is 2.10. The molecule has 1 amide bonds. The molecule has 3 rings (SSSR count). The Morgan fingerprint density at radius 2 is 1.61 bits per heavy atom. The van der Waals surface area contributed by atoms with E-state index in [0.29, 0.717) is 24.1 Å². The number of amides is 1. The third kappa shape index (κ3) is 6.70. The smallest absolute Gasteiger partial charge is 0.258 e. The first kappa shape index (κ1) is 22.1. The van der Waals surface area contributed by atoms with E-state index in [1.54, 1.807) is 13.2 Å². The molecule has 7 heteroatoms. The van der Waals surface area contributed by atoms with E-state index < -0.39 is 0 Å². The zero-order valence-electron chi connectivity index (χ0n) is 18.0. The molecule has 0 aliphatic carbocycles. The number of ether oxygens (including phenoxy) is 3. The lowest BCUT2D eigenvalue weighted by Gasteiger charge is -2.10. The van der Waals surface area contributed by atoms with Crippen molar-refractivity contribution in [2.45, 2.75) is 19.8 Å². The fourth-order valence-corrected chi connectivity index (χ4v) is 2.81. The number of nitrogens with one attached hydrogen (secondary N) is 1. The summed E-state index contributed by atoms with van der Waals surface area (Å²) in [4.78, 5) is 11.9. The molecule has 7 nitrogen and oxygen atoms in total. The van der Waals surface area contributed by atoms with Crippen LogP contribution in [0.5, 0.6) is 17.4 Å². The summed E-state index contributed by atoms with van der Waals surface area (Å²) in [6.45, 7) is 4.84. The SMILES string of the molecule is COc1ccc(-c2ccc(OCCNC(=O)COc3ccc(C(C)C)cc3)nn2)cc1. The van der Waals surface area contributed by atoms with Gasteiger partial charge in [0.1, 0.15) is 18.1 Å². The standard InChI is InChI=1S/C24H27N3O4/c1-17(2)18-4-10-21(11-5-18)31-16-23(28)25-14-15-30-24-13-12-22(26-27-24)19-6-8-20(29-3)9-7-19/h4-13,17H,14-16H2,1-3H3,(H,25,28). The Labute approximate surface area is 182 Å². The van der Waals surface area contributed by atoms with Gasteiger partial charge in [0.25, 0.3) is 5.91 Å². The number of hydrogen-bond acceptors (Lipinski definition) is 6. The lowest BCUT2D eigenvalue weighted by molar-refractivity contribution is -0.123. The van der Waals surface area contributed by atoms with Crippen LogP contribution in [0.2, 0.25) is 0 Å². The first-order chi connectivity index (χ1) is 15.0. The summed E-state index contributed by atoms with van der Waals surface area (Å²) in [5, 5.41) is 11.0. The minimum absolute atomic E-state index is 0.0443. The van der Waals surface area contributed by atoms with Crippen molar-refractivity contribution in [1.82, 2.24) is 15.5 Å². The highest BCUT2D eigenvalue weighted by Crippen LogP contribution is 2.21. The molecule has 0 saturated heterocycles. The lowest BCUT2D eigenvalue weighted by atomic mass is 10.0. The molecule has 162 valence electrons. The van der Waals surface area contributed by atoms with Gasteiger partial charge in [0.2, 0.25) is 5.88 Å². The Morgan fingerprint density at radius 3 is 2.23 bits per heavy atom. The molecule has 0 radical (unpaired) electrons. The van der Waals surface area contributed by atoms with E-state index in [-0.39, 0.29) is 19.1 Å². The summed E-state index contributed by atoms with van der Waals surface area (Å²) in [6.07, 6.45) is 0. The molecule has 31 heavy (non-hydrogen) atoms. The normalized spacial score (nSPS) is 10.6. The minimum Gasteiger partial charge on any atom is -0.497 e. The highest BCUT2D eigenvalue weighted by Gasteiger charge is 2.05. The van der Waals surface area contributed by atoms with Gasteiger partial charge in [-0.15, -0.1) is 10.2 Å². The molecule has 0 aliphatic heterocycles. The van der Waals surface area contributed by atoms with Crippen LogP contribution in [-0.2, 0) is 4.79 Å². The average molecular weight is 421 g/mol. The van der Waals surface area contributed by atoms with Crippen molar-refractivity contribution in [2.24, 2.45) is 0 Å². The monoisotopic (exact) mass is 421 g/mol. The molecule has 0 aliphatic rings. The number of nitrogens with zero attached hydrogens (tertiary/aromatic N) is 2. The van der Waals surface area contributed by atoms with Gasteiger partial charge in [0.05, 0.1) is 19.3 Å². The van der Waals surface area contributed by atoms with Crippen LogP contribution in [0.25, 0.3) is 11.3 Å². The third-order valence-corrected chi connectivity index (χ3v) is 4.62. The van der Waals surface area contributed by atoms with Gasteiger partial charge in [0.15, 0.2) is 6.61 Å². The van der Waals surface area contributed by atoms with Crippen LogP contribution in [0.1, 0.15) is 25.3 Å². The number of aromatic nitrogens is 2. The highest BCUT2D eigenvalue weighted by molar-refractivity contribution is 5.77. The summed E-state index contributed by atoms with van der Waals surface area (Å²) in [5.41, 5.74) is 2.90. The van der Waals surface area contributed by atoms with Crippen LogP contribution in [0.15, 0.2) is 60.7 Å². The van der Waals surface area contributed by atoms with Crippen molar-refractivity contribution in [3.05, 3.63) is 66.2 Å². The maximum atomic E-state index is 11.9. The van der Waals surface area contributed by atoms with E-state index in [2.05, 4.69) is 29.4 Å². The van der Waals surface area contributed by atoms with Gasteiger partial charge < -0.3 is 19.5 Å². The van der Waals surface area contributed by atoms with E-state index in [9.17, 15) is 4.79 Å². The van der Waals surface area contributed by atoms with E-state index in [4.69, 9.17) is 14.2 Å². The van der Waals surface area contributed by atoms with E-state index in [1.165, 1.54) is 5.56 Å². The fraction of sp³-hybridized carbons (Fsp3) is 0.292. The molecule has 1 heterocycles. The first-order valence-corrected chi connectivity index (χ1v) is 10.2. The molecule has 0 atom stereocenters. The second-order valence-electron chi connectivity index (χ2n) is 7.20. The van der Waals surface area contributed by atoms with Gasteiger partial charge in [-0.25, -0.2) is 0 Å². The molecule has 1 N–H and O–H groups in total. The lowest BCUT2D eigenvalue weighted by Crippen LogP contribution is -2.32. The number of carbonyl (C=O) groups is 1. The van der Waals surface area contributed by atoms with Crippen LogP contribution >= 0.6 is 0 Å². The summed E-state index contributed by atoms with van der Waals surface area (Å²) in [6, 6.07) is 18.9. The van der Waals surface area contributed by atoms with Crippen molar-refractivity contribution >= 4 is 5.91 Å². The third-order valence-electron chi connectivity index (χ3n) is 4.62. The molecule has 3 aromatic rings. The van der Waals surface area contributed by atoms with Crippen molar-refractivity contribution in [1.29, 1.82) is 0 Å². The van der Waals surface area contributed by atoms with Crippen molar-refractivity contribution < 1.29 is 19.0 Å². The topological polar surface area (TPSA) is 82.6 Å². The van der Waals surface area contributed by atoms with Crippen LogP contribution in [0, 0.1) is 0 Å². The summed E-state index contributed by atoms with van der Waals surface area (Å²) >= 11 is 0. The largest absolute Gasteiger partial charge is 0.497 e. The molecule has 0 bridgehead atoms. The zero-order valence-corrected chi connectivity index (χ0v) is 18.0. The number of carbonyl (C=O) groups excluding carboxylic acids is 1. The van der Waals surface area contributed by atoms with E-state index >= 15 is 0 Å². The fourth-order valence-electron chi connectivity index (χ4n) is 2.81. The molecule has 2 aromatic carbocycles. The number of rotatable bonds is 10. The first-order valence-electron chi connectivity index (χ1n) is 10.2. The van der Waals surface area contributed by atoms with Crippen molar-refractivity contribution in [2.75, 3.05) is 26.9 Å². The molecular weight excluding hydrogens is 394 g/mol. The van der Waals surface area contributed by atoms with Gasteiger partial charge in [-0.3, -0.25) is 4.79 Å². The van der Waals surface area contributed by atoms with Crippen LogP contribution < -0.4 is 19.5 Å². The van der Waals surface area contributed by atoms with E-state index in [0.717, 1.165) is 17.0 Å². The van der Waals surface area contributed by atoms with Crippen LogP contribution in [0.3, 0.4) is 0 Å². The Hall–Kier alpha value is -3.61. The molecule has 0 unspecified atom stereocenters. The molecule has 0 fully saturated rings. The summed E-state index contributed by atoms with van der Waals surface area (Å²) in [7, 11) is 1.63. The second kappa shape index (κ2) is 11.0. The predicted octanol–water partition coefficient (Wildman–Crippen LogP) is 3.85. The molecule has 1 aromatic heterocycles. The molecular formula is C24H27N3O4. The zero-order chi connectivity index (χ0) is 22.1. The Bertz CT molecular complexity index is 956. The van der Waals surface area contributed by atoms with E-state index in [1.807, 2.05) is 54.6 Å².